The number of nitrogens with one attached hydrogen (secondary N) is 1. The summed E-state index contributed by atoms with van der Waals surface area (Å²) < 4.78 is 1.88. The van der Waals surface area contributed by atoms with E-state index in [1.54, 1.807) is 0 Å². The van der Waals surface area contributed by atoms with Crippen molar-refractivity contribution >= 4 is 22.2 Å². The van der Waals surface area contributed by atoms with E-state index in [1.165, 1.54) is 5.69 Å². The Morgan fingerprint density at radius 1 is 0.882 bits per heavy atom. The molecule has 0 amide bonds. The van der Waals surface area contributed by atoms with E-state index in [0.29, 0.717) is 12.1 Å². The molecule has 0 radical (unpaired) electrons. The summed E-state index contributed by atoms with van der Waals surface area (Å²) in [6.07, 6.45) is 5.92. The van der Waals surface area contributed by atoms with Gasteiger partial charge in [0.2, 0.25) is 0 Å². The van der Waals surface area contributed by atoms with Crippen LogP contribution in [0.15, 0.2) is 73.2 Å². The van der Waals surface area contributed by atoms with Crippen molar-refractivity contribution in [3.8, 4) is 22.3 Å². The van der Waals surface area contributed by atoms with Crippen LogP contribution in [-0.4, -0.2) is 44.8 Å². The fourth-order valence-corrected chi connectivity index (χ4v) is 5.21. The fourth-order valence-electron chi connectivity index (χ4n) is 5.21. The van der Waals surface area contributed by atoms with Crippen LogP contribution < -0.4 is 10.2 Å². The number of anilines is 1. The summed E-state index contributed by atoms with van der Waals surface area (Å²) in [5.41, 5.74) is 8.40. The normalized spacial score (nSPS) is 18.6. The Morgan fingerprint density at radius 3 is 2.44 bits per heavy atom. The topological polar surface area (TPSA) is 58.4 Å². The van der Waals surface area contributed by atoms with E-state index in [4.69, 9.17) is 4.98 Å². The average Bonchev–Trinajstić information content (AvgIpc) is 3.27. The standard InChI is InChI=1S/C28H28N6/c1-18-12-25(24-6-4-5-7-27(24)32-18)26-16-31-33-17-22(15-30-28(26)33)21-8-10-23(11-9-21)34-19(2)13-29-14-20(34)3/h4-12,15-17,19-20,29H,13-14H2,1-3H3. The quantitative estimate of drug-likeness (QED) is 0.416. The lowest BCUT2D eigenvalue weighted by Crippen LogP contribution is -2.55. The zero-order valence-corrected chi connectivity index (χ0v) is 19.7. The molecule has 0 saturated carbocycles. The second kappa shape index (κ2) is 8.22. The second-order valence-corrected chi connectivity index (χ2v) is 9.31. The maximum atomic E-state index is 4.83. The van der Waals surface area contributed by atoms with Gasteiger partial charge in [0.05, 0.1) is 11.7 Å². The van der Waals surface area contributed by atoms with Crippen molar-refractivity contribution in [1.82, 2.24) is 24.9 Å². The van der Waals surface area contributed by atoms with Crippen LogP contribution in [0.1, 0.15) is 19.5 Å². The van der Waals surface area contributed by atoms with Crippen molar-refractivity contribution in [2.45, 2.75) is 32.9 Å². The average molecular weight is 449 g/mol. The maximum absolute atomic E-state index is 4.83. The molecule has 5 aromatic rings. The first kappa shape index (κ1) is 20.8. The Kier molecular flexibility index (Phi) is 5.03. The van der Waals surface area contributed by atoms with Gasteiger partial charge in [-0.3, -0.25) is 4.98 Å². The Balaban J connectivity index is 1.36. The van der Waals surface area contributed by atoms with Gasteiger partial charge < -0.3 is 10.2 Å². The van der Waals surface area contributed by atoms with Gasteiger partial charge in [-0.15, -0.1) is 0 Å². The molecule has 1 N–H and O–H groups in total. The predicted molar refractivity (Wildman–Crippen MR) is 138 cm³/mol. The monoisotopic (exact) mass is 448 g/mol. The third-order valence-corrected chi connectivity index (χ3v) is 6.82. The number of fused-ring (bicyclic) bond motifs is 2. The number of aromatic nitrogens is 4. The van der Waals surface area contributed by atoms with Crippen molar-refractivity contribution < 1.29 is 0 Å². The van der Waals surface area contributed by atoms with Gasteiger partial charge in [0.25, 0.3) is 0 Å². The number of rotatable bonds is 3. The molecule has 4 heterocycles. The van der Waals surface area contributed by atoms with Gasteiger partial charge in [0, 0.05) is 65.5 Å². The molecular weight excluding hydrogens is 420 g/mol. The smallest absolute Gasteiger partial charge is 0.162 e. The minimum atomic E-state index is 0.475. The number of para-hydroxylation sites is 1. The number of pyridine rings is 1. The Morgan fingerprint density at radius 2 is 1.65 bits per heavy atom. The largest absolute Gasteiger partial charge is 0.364 e. The van der Waals surface area contributed by atoms with E-state index < -0.39 is 0 Å². The molecule has 3 aromatic heterocycles. The first-order chi connectivity index (χ1) is 16.6. The molecule has 1 aliphatic heterocycles. The van der Waals surface area contributed by atoms with Crippen LogP contribution in [0.25, 0.3) is 38.8 Å². The lowest BCUT2D eigenvalue weighted by molar-refractivity contribution is 0.432. The zero-order chi connectivity index (χ0) is 23.2. The first-order valence-electron chi connectivity index (χ1n) is 11.9. The maximum Gasteiger partial charge on any atom is 0.162 e. The van der Waals surface area contributed by atoms with E-state index >= 15 is 0 Å². The molecule has 6 heteroatoms. The van der Waals surface area contributed by atoms with E-state index in [-0.39, 0.29) is 0 Å². The van der Waals surface area contributed by atoms with Crippen LogP contribution in [0.4, 0.5) is 5.69 Å². The molecule has 6 nitrogen and oxygen atoms in total. The highest BCUT2D eigenvalue weighted by Gasteiger charge is 2.24. The van der Waals surface area contributed by atoms with Crippen LogP contribution in [0.3, 0.4) is 0 Å². The van der Waals surface area contributed by atoms with Crippen molar-refractivity contribution in [1.29, 1.82) is 0 Å². The second-order valence-electron chi connectivity index (χ2n) is 9.31. The van der Waals surface area contributed by atoms with Gasteiger partial charge in [-0.2, -0.15) is 5.10 Å². The Bertz CT molecular complexity index is 1480. The Hall–Kier alpha value is -3.77. The van der Waals surface area contributed by atoms with Gasteiger partial charge in [0.1, 0.15) is 0 Å². The molecule has 1 aliphatic rings. The molecule has 34 heavy (non-hydrogen) atoms. The van der Waals surface area contributed by atoms with Crippen LogP contribution in [0.2, 0.25) is 0 Å². The summed E-state index contributed by atoms with van der Waals surface area (Å²) in [5.74, 6) is 0. The van der Waals surface area contributed by atoms with Gasteiger partial charge in [-0.05, 0) is 56.2 Å². The zero-order valence-electron chi connectivity index (χ0n) is 19.7. The van der Waals surface area contributed by atoms with Crippen molar-refractivity contribution in [2.24, 2.45) is 0 Å². The molecule has 0 aliphatic carbocycles. The van der Waals surface area contributed by atoms with Crippen LogP contribution >= 0.6 is 0 Å². The fraction of sp³-hybridized carbons (Fsp3) is 0.250. The van der Waals surface area contributed by atoms with Crippen molar-refractivity contribution in [3.63, 3.8) is 0 Å². The van der Waals surface area contributed by atoms with Crippen LogP contribution in [0.5, 0.6) is 0 Å². The van der Waals surface area contributed by atoms with Crippen LogP contribution in [-0.2, 0) is 0 Å². The number of aryl methyl sites for hydroxylation is 1. The summed E-state index contributed by atoms with van der Waals surface area (Å²) in [4.78, 5) is 12.0. The predicted octanol–water partition coefficient (Wildman–Crippen LogP) is 5.11. The van der Waals surface area contributed by atoms with Gasteiger partial charge in [-0.1, -0.05) is 30.3 Å². The number of piperazine rings is 1. The molecule has 2 unspecified atom stereocenters. The highest BCUT2D eigenvalue weighted by atomic mass is 15.2. The summed E-state index contributed by atoms with van der Waals surface area (Å²) >= 11 is 0. The molecule has 170 valence electrons. The number of nitrogens with zero attached hydrogens (tertiary/aromatic N) is 5. The summed E-state index contributed by atoms with van der Waals surface area (Å²) in [6, 6.07) is 20.1. The van der Waals surface area contributed by atoms with Crippen LogP contribution in [0, 0.1) is 6.92 Å². The third kappa shape index (κ3) is 3.51. The molecular formula is C28H28N6. The summed E-state index contributed by atoms with van der Waals surface area (Å²) in [5, 5.41) is 9.26. The van der Waals surface area contributed by atoms with Gasteiger partial charge >= 0.3 is 0 Å². The molecule has 2 atom stereocenters. The van der Waals surface area contributed by atoms with E-state index in [2.05, 4.69) is 82.8 Å². The highest BCUT2D eigenvalue weighted by molar-refractivity contribution is 5.98. The molecule has 2 aromatic carbocycles. The molecule has 0 bridgehead atoms. The SMILES string of the molecule is Cc1cc(-c2cnn3cc(-c4ccc(N5C(C)CNCC5C)cc4)cnc23)c2ccccc2n1. The minimum absolute atomic E-state index is 0.475. The molecule has 1 saturated heterocycles. The minimum Gasteiger partial charge on any atom is -0.364 e. The highest BCUT2D eigenvalue weighted by Crippen LogP contribution is 2.32. The first-order valence-corrected chi connectivity index (χ1v) is 11.9. The number of hydrogen-bond acceptors (Lipinski definition) is 5. The molecule has 6 rings (SSSR count). The van der Waals surface area contributed by atoms with E-state index in [0.717, 1.165) is 57.6 Å². The number of benzene rings is 2. The van der Waals surface area contributed by atoms with E-state index in [1.807, 2.05) is 36.0 Å². The lowest BCUT2D eigenvalue weighted by Gasteiger charge is -2.41. The summed E-state index contributed by atoms with van der Waals surface area (Å²) in [6.45, 7) is 8.61. The van der Waals surface area contributed by atoms with Crippen molar-refractivity contribution in [3.05, 3.63) is 78.9 Å². The third-order valence-electron chi connectivity index (χ3n) is 6.82. The lowest BCUT2D eigenvalue weighted by atomic mass is 10.0. The van der Waals surface area contributed by atoms with Gasteiger partial charge in [0.15, 0.2) is 5.65 Å². The number of hydrogen-bond donors (Lipinski definition) is 1. The van der Waals surface area contributed by atoms with Gasteiger partial charge in [-0.25, -0.2) is 9.50 Å². The van der Waals surface area contributed by atoms with E-state index in [9.17, 15) is 0 Å². The summed E-state index contributed by atoms with van der Waals surface area (Å²) in [7, 11) is 0. The Labute approximate surface area is 199 Å². The molecule has 0 spiro atoms. The molecule has 1 fully saturated rings. The van der Waals surface area contributed by atoms with Crippen molar-refractivity contribution in [2.75, 3.05) is 18.0 Å².